The summed E-state index contributed by atoms with van der Waals surface area (Å²) in [5, 5.41) is 0.837. The number of carbonyl (C=O) groups is 1. The number of hydrogen-bond donors (Lipinski definition) is 1. The highest BCUT2D eigenvalue weighted by Gasteiger charge is 2.18. The number of methoxy groups -OCH3 is 2. The van der Waals surface area contributed by atoms with Gasteiger partial charge in [0.1, 0.15) is 0 Å². The fraction of sp³-hybridized carbons (Fsp3) is 0.308. The Morgan fingerprint density at radius 1 is 1.28 bits per heavy atom. The summed E-state index contributed by atoms with van der Waals surface area (Å²) in [7, 11) is 3.16. The van der Waals surface area contributed by atoms with Crippen LogP contribution in [0.4, 0.5) is 0 Å². The van der Waals surface area contributed by atoms with Crippen LogP contribution < -0.4 is 9.47 Å². The van der Waals surface area contributed by atoms with E-state index in [-0.39, 0.29) is 10.6 Å². The topological polar surface area (TPSA) is 51.3 Å². The van der Waals surface area contributed by atoms with Crippen LogP contribution in [0, 0.1) is 0 Å². The lowest BCUT2D eigenvalue weighted by molar-refractivity contribution is 0.0997. The van der Waals surface area contributed by atoms with Crippen LogP contribution in [0.5, 0.6) is 11.5 Å². The van der Waals surface area contributed by atoms with Gasteiger partial charge in [0.25, 0.3) is 0 Å². The van der Waals surface area contributed by atoms with Crippen molar-refractivity contribution in [3.05, 3.63) is 23.9 Å². The molecule has 1 atom stereocenters. The molecule has 0 aliphatic carbocycles. The quantitative estimate of drug-likeness (QED) is 0.697. The first kappa shape index (κ1) is 13.0. The van der Waals surface area contributed by atoms with Crippen molar-refractivity contribution in [2.75, 3.05) is 14.2 Å². The minimum absolute atomic E-state index is 0.0356. The van der Waals surface area contributed by atoms with Crippen LogP contribution in [0.3, 0.4) is 0 Å². The van der Waals surface area contributed by atoms with Gasteiger partial charge in [-0.05, 0) is 13.0 Å². The average molecular weight is 312 g/mol. The van der Waals surface area contributed by atoms with E-state index in [0.717, 1.165) is 10.9 Å². The summed E-state index contributed by atoms with van der Waals surface area (Å²) in [5.41, 5.74) is 1.50. The maximum Gasteiger partial charge on any atom is 0.178 e. The highest BCUT2D eigenvalue weighted by Crippen LogP contribution is 2.33. The molecule has 18 heavy (non-hydrogen) atoms. The maximum atomic E-state index is 12.0. The third-order valence-electron chi connectivity index (χ3n) is 2.81. The minimum atomic E-state index is -0.218. The van der Waals surface area contributed by atoms with E-state index in [0.29, 0.717) is 17.1 Å². The zero-order valence-corrected chi connectivity index (χ0v) is 12.0. The normalized spacial score (nSPS) is 12.4. The van der Waals surface area contributed by atoms with Crippen LogP contribution in [0.15, 0.2) is 18.3 Å². The summed E-state index contributed by atoms with van der Waals surface area (Å²) in [6.07, 6.45) is 1.71. The zero-order chi connectivity index (χ0) is 13.3. The number of hydrogen-bond acceptors (Lipinski definition) is 3. The Hall–Kier alpha value is -1.49. The molecule has 0 saturated heterocycles. The zero-order valence-electron chi connectivity index (χ0n) is 10.4. The van der Waals surface area contributed by atoms with Gasteiger partial charge in [0, 0.05) is 23.2 Å². The Morgan fingerprint density at radius 3 is 2.44 bits per heavy atom. The van der Waals surface area contributed by atoms with Crippen molar-refractivity contribution in [2.24, 2.45) is 0 Å². The Labute approximate surface area is 113 Å². The molecule has 1 heterocycles. The van der Waals surface area contributed by atoms with Crippen LogP contribution in [-0.2, 0) is 0 Å². The third kappa shape index (κ3) is 2.10. The molecular formula is C13H14BrNO3. The summed E-state index contributed by atoms with van der Waals surface area (Å²) in [5.74, 6) is 1.28. The molecule has 5 heteroatoms. The van der Waals surface area contributed by atoms with E-state index in [9.17, 15) is 4.79 Å². The molecular weight excluding hydrogens is 298 g/mol. The molecule has 0 saturated carbocycles. The molecule has 0 aliphatic heterocycles. The van der Waals surface area contributed by atoms with Gasteiger partial charge in [-0.1, -0.05) is 15.9 Å². The number of rotatable bonds is 4. The molecule has 1 aromatic heterocycles. The van der Waals surface area contributed by atoms with E-state index >= 15 is 0 Å². The van der Waals surface area contributed by atoms with Gasteiger partial charge >= 0.3 is 0 Å². The molecule has 0 unspecified atom stereocenters. The molecule has 4 nitrogen and oxygen atoms in total. The number of nitrogens with one attached hydrogen (secondary N) is 1. The number of Topliss-reactive ketones (excluding diaryl/α,β-unsaturated/α-hetero) is 1. The van der Waals surface area contributed by atoms with Crippen molar-refractivity contribution in [1.29, 1.82) is 0 Å². The number of benzene rings is 1. The average Bonchev–Trinajstić information content (AvgIpc) is 2.78. The third-order valence-corrected chi connectivity index (χ3v) is 3.23. The van der Waals surface area contributed by atoms with E-state index in [4.69, 9.17) is 9.47 Å². The second-order valence-electron chi connectivity index (χ2n) is 3.94. The van der Waals surface area contributed by atoms with Crippen molar-refractivity contribution in [1.82, 2.24) is 4.98 Å². The lowest BCUT2D eigenvalue weighted by atomic mass is 10.1. The molecule has 1 N–H and O–H groups in total. The fourth-order valence-corrected chi connectivity index (χ4v) is 2.11. The van der Waals surface area contributed by atoms with Crippen molar-refractivity contribution < 1.29 is 14.3 Å². The number of ether oxygens (including phenoxy) is 2. The second-order valence-corrected chi connectivity index (χ2v) is 5.31. The van der Waals surface area contributed by atoms with Gasteiger partial charge in [-0.3, -0.25) is 4.79 Å². The van der Waals surface area contributed by atoms with Crippen molar-refractivity contribution in [3.63, 3.8) is 0 Å². The Bertz CT molecular complexity index is 589. The van der Waals surface area contributed by atoms with Crippen LogP contribution >= 0.6 is 15.9 Å². The van der Waals surface area contributed by atoms with Gasteiger partial charge in [-0.25, -0.2) is 0 Å². The highest BCUT2D eigenvalue weighted by atomic mass is 79.9. The largest absolute Gasteiger partial charge is 0.493 e. The van der Waals surface area contributed by atoms with Crippen LogP contribution in [0.1, 0.15) is 17.3 Å². The highest BCUT2D eigenvalue weighted by molar-refractivity contribution is 9.10. The molecule has 0 fully saturated rings. The summed E-state index contributed by atoms with van der Waals surface area (Å²) >= 11 is 3.29. The summed E-state index contributed by atoms with van der Waals surface area (Å²) < 4.78 is 10.5. The van der Waals surface area contributed by atoms with Gasteiger partial charge < -0.3 is 14.5 Å². The number of alkyl halides is 1. The van der Waals surface area contributed by atoms with E-state index in [1.165, 1.54) is 0 Å². The van der Waals surface area contributed by atoms with Crippen molar-refractivity contribution >= 4 is 32.6 Å². The van der Waals surface area contributed by atoms with Gasteiger partial charge in [-0.2, -0.15) is 0 Å². The molecule has 0 spiro atoms. The standard InChI is InChI=1S/C13H14BrNO3/c1-7(14)13(16)9-6-15-10-5-12(18-3)11(17-2)4-8(9)10/h4-7,15H,1-3H3/t7-/m0/s1. The lowest BCUT2D eigenvalue weighted by Gasteiger charge is -2.08. The SMILES string of the molecule is COc1cc2[nH]cc(C(=O)[C@H](C)Br)c2cc1OC. The monoisotopic (exact) mass is 311 g/mol. The van der Waals surface area contributed by atoms with E-state index in [2.05, 4.69) is 20.9 Å². The molecule has 0 amide bonds. The summed E-state index contributed by atoms with van der Waals surface area (Å²) in [6, 6.07) is 3.64. The van der Waals surface area contributed by atoms with Gasteiger partial charge in [0.05, 0.1) is 24.6 Å². The van der Waals surface area contributed by atoms with Gasteiger partial charge in [0.2, 0.25) is 0 Å². The van der Waals surface area contributed by atoms with Gasteiger partial charge in [-0.15, -0.1) is 0 Å². The predicted octanol–water partition coefficient (Wildman–Crippen LogP) is 3.15. The number of carbonyl (C=O) groups excluding carboxylic acids is 1. The molecule has 2 rings (SSSR count). The molecule has 96 valence electrons. The number of ketones is 1. The predicted molar refractivity (Wildman–Crippen MR) is 74.1 cm³/mol. The number of halogens is 1. The molecule has 0 aliphatic rings. The Balaban J connectivity index is 2.62. The molecule has 0 radical (unpaired) electrons. The first-order chi connectivity index (χ1) is 8.58. The Kier molecular flexibility index (Phi) is 3.61. The lowest BCUT2D eigenvalue weighted by Crippen LogP contribution is -2.09. The van der Waals surface area contributed by atoms with Crippen molar-refractivity contribution in [2.45, 2.75) is 11.8 Å². The number of fused-ring (bicyclic) bond motifs is 1. The molecule has 0 bridgehead atoms. The Morgan fingerprint density at radius 2 is 1.89 bits per heavy atom. The van der Waals surface area contributed by atoms with Crippen LogP contribution in [0.2, 0.25) is 0 Å². The summed E-state index contributed by atoms with van der Waals surface area (Å²) in [6.45, 7) is 1.81. The van der Waals surface area contributed by atoms with E-state index in [1.807, 2.05) is 19.1 Å². The first-order valence-electron chi connectivity index (χ1n) is 5.50. The minimum Gasteiger partial charge on any atom is -0.493 e. The van der Waals surface area contributed by atoms with E-state index in [1.54, 1.807) is 20.4 Å². The number of aromatic amines is 1. The molecule has 2 aromatic rings. The van der Waals surface area contributed by atoms with Gasteiger partial charge in [0.15, 0.2) is 17.3 Å². The second kappa shape index (κ2) is 5.02. The molecule has 1 aromatic carbocycles. The smallest absolute Gasteiger partial charge is 0.178 e. The maximum absolute atomic E-state index is 12.0. The number of aromatic nitrogens is 1. The van der Waals surface area contributed by atoms with Crippen LogP contribution in [0.25, 0.3) is 10.9 Å². The first-order valence-corrected chi connectivity index (χ1v) is 6.41. The summed E-state index contributed by atoms with van der Waals surface area (Å²) in [4.78, 5) is 14.9. The van der Waals surface area contributed by atoms with E-state index < -0.39 is 0 Å². The number of H-pyrrole nitrogens is 1. The fourth-order valence-electron chi connectivity index (χ4n) is 1.87. The van der Waals surface area contributed by atoms with Crippen molar-refractivity contribution in [3.8, 4) is 11.5 Å². The van der Waals surface area contributed by atoms with Crippen LogP contribution in [-0.4, -0.2) is 29.8 Å².